The summed E-state index contributed by atoms with van der Waals surface area (Å²) in [5.41, 5.74) is 2.77. The zero-order chi connectivity index (χ0) is 26.3. The summed E-state index contributed by atoms with van der Waals surface area (Å²) in [6, 6.07) is 23.4. The quantitative estimate of drug-likeness (QED) is 0.285. The molecule has 0 aliphatic carbocycles. The van der Waals surface area contributed by atoms with Crippen molar-refractivity contribution in [3.8, 4) is 0 Å². The third-order valence-corrected chi connectivity index (χ3v) is 9.29. The van der Waals surface area contributed by atoms with Gasteiger partial charge in [-0.2, -0.15) is 0 Å². The number of sulfonamides is 1. The van der Waals surface area contributed by atoms with Crippen molar-refractivity contribution in [2.75, 3.05) is 15.7 Å². The number of pyridine rings is 1. The Labute approximate surface area is 222 Å². The molecule has 0 saturated heterocycles. The van der Waals surface area contributed by atoms with Crippen LogP contribution >= 0.6 is 11.3 Å². The van der Waals surface area contributed by atoms with Crippen molar-refractivity contribution in [2.24, 2.45) is 0 Å². The van der Waals surface area contributed by atoms with Gasteiger partial charge in [0.1, 0.15) is 11.3 Å². The van der Waals surface area contributed by atoms with Crippen molar-refractivity contribution < 1.29 is 17.6 Å². The third-order valence-electron chi connectivity index (χ3n) is 6.41. The van der Waals surface area contributed by atoms with E-state index < -0.39 is 21.7 Å². The minimum atomic E-state index is -3.79. The van der Waals surface area contributed by atoms with E-state index in [1.807, 2.05) is 24.3 Å². The normalized spacial score (nSPS) is 13.0. The van der Waals surface area contributed by atoms with Crippen LogP contribution in [0.3, 0.4) is 0 Å². The Balaban J connectivity index is 1.33. The van der Waals surface area contributed by atoms with Crippen LogP contribution in [0.4, 0.5) is 15.2 Å². The van der Waals surface area contributed by atoms with Crippen LogP contribution in [0.1, 0.15) is 21.6 Å². The van der Waals surface area contributed by atoms with Crippen LogP contribution in [0.25, 0.3) is 10.2 Å². The molecule has 1 aliphatic heterocycles. The van der Waals surface area contributed by atoms with Crippen LogP contribution in [0.2, 0.25) is 0 Å². The highest BCUT2D eigenvalue weighted by Gasteiger charge is 2.31. The van der Waals surface area contributed by atoms with E-state index in [0.717, 1.165) is 5.56 Å². The molecule has 10 heteroatoms. The molecule has 3 aromatic carbocycles. The highest BCUT2D eigenvalue weighted by atomic mass is 32.2. The van der Waals surface area contributed by atoms with Gasteiger partial charge in [-0.1, -0.05) is 41.7 Å². The van der Waals surface area contributed by atoms with E-state index in [1.165, 1.54) is 50.9 Å². The number of amides is 1. The van der Waals surface area contributed by atoms with Gasteiger partial charge in [0.25, 0.3) is 15.9 Å². The number of hydrogen-bond donors (Lipinski definition) is 0. The fraction of sp³-hybridized carbons (Fsp3) is 0.107. The van der Waals surface area contributed by atoms with Gasteiger partial charge in [0, 0.05) is 18.3 Å². The average Bonchev–Trinajstić information content (AvgIpc) is 3.58. The minimum absolute atomic E-state index is 0.101. The van der Waals surface area contributed by atoms with Gasteiger partial charge in [-0.15, -0.1) is 0 Å². The van der Waals surface area contributed by atoms with Crippen LogP contribution in [0, 0.1) is 5.82 Å². The van der Waals surface area contributed by atoms with E-state index >= 15 is 0 Å². The first-order valence-corrected chi connectivity index (χ1v) is 14.1. The Kier molecular flexibility index (Phi) is 6.13. The lowest BCUT2D eigenvalue weighted by Crippen LogP contribution is -2.31. The molecule has 1 amide bonds. The Hall–Kier alpha value is -4.15. The molecule has 0 unspecified atom stereocenters. The summed E-state index contributed by atoms with van der Waals surface area (Å²) < 4.78 is 43.1. The molecule has 3 heterocycles. The van der Waals surface area contributed by atoms with Crippen molar-refractivity contribution in [2.45, 2.75) is 17.9 Å². The number of fused-ring (bicyclic) bond motifs is 2. The van der Waals surface area contributed by atoms with E-state index in [2.05, 4.69) is 9.97 Å². The number of halogens is 1. The summed E-state index contributed by atoms with van der Waals surface area (Å²) >= 11 is 1.20. The maximum absolute atomic E-state index is 14.4. The van der Waals surface area contributed by atoms with E-state index in [4.69, 9.17) is 0 Å². The molecule has 5 aromatic rings. The van der Waals surface area contributed by atoms with E-state index in [-0.39, 0.29) is 22.5 Å². The van der Waals surface area contributed by atoms with Gasteiger partial charge in [-0.05, 0) is 66.6 Å². The van der Waals surface area contributed by atoms with Crippen molar-refractivity contribution >= 4 is 48.3 Å². The Bertz CT molecular complexity index is 1760. The largest absolute Gasteiger partial charge is 0.278 e. The summed E-state index contributed by atoms with van der Waals surface area (Å²) in [5.74, 6) is -0.862. The number of thiazole rings is 1. The molecule has 0 saturated carbocycles. The standard InChI is InChI=1S/C28H21FN4O3S2/c29-23-8-5-10-25-26(23)31-28(37-25)32(18-21-7-3-4-16-30-21)27(34)20-11-13-22(14-12-20)38(35,36)33-17-15-19-6-1-2-9-24(19)33/h1-14,16H,15,17-18H2. The zero-order valence-electron chi connectivity index (χ0n) is 20.0. The SMILES string of the molecule is O=C(c1ccc(S(=O)(=O)N2CCc3ccccc32)cc1)N(Cc1ccccn1)c1nc2c(F)cccc2s1. The van der Waals surface area contributed by atoms with Gasteiger partial charge in [-0.25, -0.2) is 17.8 Å². The number of rotatable bonds is 6. The van der Waals surface area contributed by atoms with Crippen molar-refractivity contribution in [3.63, 3.8) is 0 Å². The Morgan fingerprint density at radius 1 is 0.974 bits per heavy atom. The number of carbonyl (C=O) groups is 1. The molecule has 190 valence electrons. The fourth-order valence-corrected chi connectivity index (χ4v) is 6.99. The lowest BCUT2D eigenvalue weighted by Gasteiger charge is -2.21. The lowest BCUT2D eigenvalue weighted by atomic mass is 10.2. The number of anilines is 2. The molecule has 1 aliphatic rings. The first-order valence-electron chi connectivity index (χ1n) is 11.9. The van der Waals surface area contributed by atoms with Gasteiger partial charge >= 0.3 is 0 Å². The van der Waals surface area contributed by atoms with Crippen LogP contribution in [-0.4, -0.2) is 30.8 Å². The van der Waals surface area contributed by atoms with Crippen molar-refractivity contribution in [1.82, 2.24) is 9.97 Å². The molecular formula is C28H21FN4O3S2. The van der Waals surface area contributed by atoms with Gasteiger partial charge in [0.05, 0.1) is 27.5 Å². The van der Waals surface area contributed by atoms with E-state index in [0.29, 0.717) is 34.2 Å². The van der Waals surface area contributed by atoms with Gasteiger partial charge < -0.3 is 0 Å². The first-order chi connectivity index (χ1) is 18.4. The van der Waals surface area contributed by atoms with Gasteiger partial charge in [0.2, 0.25) is 0 Å². The summed E-state index contributed by atoms with van der Waals surface area (Å²) in [5, 5.41) is 0.325. The molecule has 0 radical (unpaired) electrons. The van der Waals surface area contributed by atoms with Gasteiger partial charge in [0.15, 0.2) is 5.13 Å². The Morgan fingerprint density at radius 2 is 1.76 bits per heavy atom. The molecule has 0 bridgehead atoms. The van der Waals surface area contributed by atoms with Crippen LogP contribution in [0.15, 0.2) is 96.0 Å². The predicted octanol–water partition coefficient (Wildman–Crippen LogP) is 5.43. The first kappa shape index (κ1) is 24.2. The topological polar surface area (TPSA) is 83.5 Å². The number of hydrogen-bond acceptors (Lipinski definition) is 6. The smallest absolute Gasteiger partial charge is 0.264 e. The molecule has 0 spiro atoms. The second-order valence-corrected chi connectivity index (χ2v) is 11.6. The van der Waals surface area contributed by atoms with Crippen LogP contribution in [-0.2, 0) is 23.0 Å². The maximum atomic E-state index is 14.4. The molecule has 0 N–H and O–H groups in total. The molecule has 0 fully saturated rings. The van der Waals surface area contributed by atoms with Gasteiger partial charge in [-0.3, -0.25) is 19.0 Å². The number of aromatic nitrogens is 2. The number of para-hydroxylation sites is 2. The monoisotopic (exact) mass is 544 g/mol. The molecule has 2 aromatic heterocycles. The predicted molar refractivity (Wildman–Crippen MR) is 145 cm³/mol. The molecule has 7 nitrogen and oxygen atoms in total. The van der Waals surface area contributed by atoms with Crippen LogP contribution < -0.4 is 9.21 Å². The second kappa shape index (κ2) is 9.62. The van der Waals surface area contributed by atoms with Crippen LogP contribution in [0.5, 0.6) is 0 Å². The van der Waals surface area contributed by atoms with E-state index in [1.54, 1.807) is 36.5 Å². The number of benzene rings is 3. The maximum Gasteiger partial charge on any atom is 0.264 e. The summed E-state index contributed by atoms with van der Waals surface area (Å²) in [6.07, 6.45) is 2.28. The highest BCUT2D eigenvalue weighted by molar-refractivity contribution is 7.92. The third kappa shape index (κ3) is 4.31. The number of nitrogens with zero attached hydrogens (tertiary/aromatic N) is 4. The Morgan fingerprint density at radius 3 is 2.53 bits per heavy atom. The van der Waals surface area contributed by atoms with E-state index in [9.17, 15) is 17.6 Å². The second-order valence-electron chi connectivity index (χ2n) is 8.78. The molecule has 6 rings (SSSR count). The van der Waals surface area contributed by atoms with Crippen molar-refractivity contribution in [3.05, 3.63) is 114 Å². The number of carbonyl (C=O) groups excluding carboxylic acids is 1. The summed E-state index contributed by atoms with van der Waals surface area (Å²) in [4.78, 5) is 24.0. The molecular weight excluding hydrogens is 523 g/mol. The minimum Gasteiger partial charge on any atom is -0.278 e. The van der Waals surface area contributed by atoms with Crippen molar-refractivity contribution in [1.29, 1.82) is 0 Å². The zero-order valence-corrected chi connectivity index (χ0v) is 21.6. The average molecular weight is 545 g/mol. The fourth-order valence-electron chi connectivity index (χ4n) is 4.51. The molecule has 38 heavy (non-hydrogen) atoms. The summed E-state index contributed by atoms with van der Waals surface area (Å²) in [7, 11) is -3.79. The molecule has 0 atom stereocenters. The highest BCUT2D eigenvalue weighted by Crippen LogP contribution is 2.34. The lowest BCUT2D eigenvalue weighted by molar-refractivity contribution is 0.0984. The summed E-state index contributed by atoms with van der Waals surface area (Å²) in [6.45, 7) is 0.486.